The second-order valence-electron chi connectivity index (χ2n) is 2.51. The molecule has 0 aliphatic carbocycles. The molecular formula is C9H12O3. The fraction of sp³-hybridized carbons (Fsp3) is 0.333. The highest BCUT2D eigenvalue weighted by molar-refractivity contribution is 6.07. The standard InChI is InChI=1S/C9H12O3/c1-4-5-6(2)8(10)7(3)9(11)12/h4-5,7H,1H2,2-3H3,(H,11,12). The number of carbonyl (C=O) groups is 2. The van der Waals surface area contributed by atoms with E-state index in [2.05, 4.69) is 6.58 Å². The predicted molar refractivity (Wildman–Crippen MR) is 45.8 cm³/mol. The third-order valence-corrected chi connectivity index (χ3v) is 1.52. The highest BCUT2D eigenvalue weighted by atomic mass is 16.4. The number of hydrogen-bond donors (Lipinski definition) is 1. The van der Waals surface area contributed by atoms with Gasteiger partial charge in [0, 0.05) is 0 Å². The summed E-state index contributed by atoms with van der Waals surface area (Å²) >= 11 is 0. The number of Topliss-reactive ketones (excluding diaryl/α,β-unsaturated/α-hetero) is 1. The van der Waals surface area contributed by atoms with Gasteiger partial charge in [0.15, 0.2) is 5.78 Å². The van der Waals surface area contributed by atoms with Gasteiger partial charge in [-0.1, -0.05) is 18.7 Å². The Morgan fingerprint density at radius 3 is 2.33 bits per heavy atom. The minimum absolute atomic E-state index is 0.373. The average Bonchev–Trinajstić information content (AvgIpc) is 2.02. The number of allylic oxidation sites excluding steroid dienone is 3. The second kappa shape index (κ2) is 4.49. The molecule has 1 atom stereocenters. The van der Waals surface area contributed by atoms with Crippen LogP contribution in [0.25, 0.3) is 0 Å². The smallest absolute Gasteiger partial charge is 0.314 e. The lowest BCUT2D eigenvalue weighted by molar-refractivity contribution is -0.144. The number of ketones is 1. The fourth-order valence-electron chi connectivity index (χ4n) is 0.713. The quantitative estimate of drug-likeness (QED) is 0.392. The van der Waals surface area contributed by atoms with Crippen molar-refractivity contribution in [3.63, 3.8) is 0 Å². The van der Waals surface area contributed by atoms with Gasteiger partial charge in [-0.3, -0.25) is 9.59 Å². The van der Waals surface area contributed by atoms with Crippen LogP contribution in [0.4, 0.5) is 0 Å². The molecule has 0 radical (unpaired) electrons. The van der Waals surface area contributed by atoms with Crippen molar-refractivity contribution in [3.8, 4) is 0 Å². The summed E-state index contributed by atoms with van der Waals surface area (Å²) < 4.78 is 0. The minimum Gasteiger partial charge on any atom is -0.481 e. The summed E-state index contributed by atoms with van der Waals surface area (Å²) in [4.78, 5) is 21.6. The Kier molecular flexibility index (Phi) is 3.97. The largest absolute Gasteiger partial charge is 0.481 e. The molecule has 0 saturated heterocycles. The first-order chi connectivity index (χ1) is 5.50. The number of rotatable bonds is 4. The Balaban J connectivity index is 4.50. The van der Waals surface area contributed by atoms with Crippen molar-refractivity contribution in [2.75, 3.05) is 0 Å². The summed E-state index contributed by atoms with van der Waals surface area (Å²) in [6, 6.07) is 0. The molecule has 0 amide bonds. The van der Waals surface area contributed by atoms with Gasteiger partial charge in [0.2, 0.25) is 0 Å². The van der Waals surface area contributed by atoms with Crippen LogP contribution in [0.1, 0.15) is 13.8 Å². The van der Waals surface area contributed by atoms with Crippen molar-refractivity contribution in [3.05, 3.63) is 24.3 Å². The van der Waals surface area contributed by atoms with Gasteiger partial charge in [0.1, 0.15) is 5.92 Å². The van der Waals surface area contributed by atoms with Crippen LogP contribution < -0.4 is 0 Å². The van der Waals surface area contributed by atoms with Crippen molar-refractivity contribution in [1.82, 2.24) is 0 Å². The third-order valence-electron chi connectivity index (χ3n) is 1.52. The summed E-state index contributed by atoms with van der Waals surface area (Å²) in [7, 11) is 0. The van der Waals surface area contributed by atoms with Crippen molar-refractivity contribution in [2.24, 2.45) is 5.92 Å². The van der Waals surface area contributed by atoms with Gasteiger partial charge in [-0.25, -0.2) is 0 Å². The number of hydrogen-bond acceptors (Lipinski definition) is 2. The van der Waals surface area contributed by atoms with Crippen LogP contribution in [0.2, 0.25) is 0 Å². The first kappa shape index (κ1) is 10.6. The van der Waals surface area contributed by atoms with Crippen LogP contribution in [0.5, 0.6) is 0 Å². The molecule has 0 fully saturated rings. The molecule has 0 aromatic rings. The van der Waals surface area contributed by atoms with E-state index in [9.17, 15) is 9.59 Å². The van der Waals surface area contributed by atoms with Crippen LogP contribution in [0, 0.1) is 5.92 Å². The van der Waals surface area contributed by atoms with Gasteiger partial charge in [-0.05, 0) is 19.4 Å². The normalized spacial score (nSPS) is 13.7. The number of carbonyl (C=O) groups excluding carboxylic acids is 1. The average molecular weight is 168 g/mol. The molecule has 1 unspecified atom stereocenters. The fourth-order valence-corrected chi connectivity index (χ4v) is 0.713. The van der Waals surface area contributed by atoms with E-state index in [1.807, 2.05) is 0 Å². The molecule has 0 spiro atoms. The van der Waals surface area contributed by atoms with E-state index < -0.39 is 11.9 Å². The SMILES string of the molecule is C=CC=C(C)C(=O)C(C)C(=O)O. The van der Waals surface area contributed by atoms with Crippen LogP contribution in [0.3, 0.4) is 0 Å². The van der Waals surface area contributed by atoms with E-state index in [1.54, 1.807) is 6.92 Å². The zero-order chi connectivity index (χ0) is 9.72. The molecule has 0 bridgehead atoms. The van der Waals surface area contributed by atoms with Crippen molar-refractivity contribution in [2.45, 2.75) is 13.8 Å². The highest BCUT2D eigenvalue weighted by Crippen LogP contribution is 2.06. The van der Waals surface area contributed by atoms with E-state index in [4.69, 9.17) is 5.11 Å². The summed E-state index contributed by atoms with van der Waals surface area (Å²) in [5.41, 5.74) is 0.417. The molecule has 0 aromatic heterocycles. The first-order valence-electron chi connectivity index (χ1n) is 3.57. The summed E-state index contributed by atoms with van der Waals surface area (Å²) in [5.74, 6) is -2.44. The summed E-state index contributed by atoms with van der Waals surface area (Å²) in [6.07, 6.45) is 2.96. The molecule has 3 heteroatoms. The predicted octanol–water partition coefficient (Wildman–Crippen LogP) is 1.41. The molecular weight excluding hydrogens is 156 g/mol. The van der Waals surface area contributed by atoms with E-state index >= 15 is 0 Å². The van der Waals surface area contributed by atoms with Crippen molar-refractivity contribution < 1.29 is 14.7 Å². The monoisotopic (exact) mass is 168 g/mol. The number of aliphatic carboxylic acids is 1. The molecule has 0 aliphatic heterocycles. The molecule has 0 heterocycles. The lowest BCUT2D eigenvalue weighted by atomic mass is 10.0. The number of carboxylic acids is 1. The Bertz CT molecular complexity index is 238. The van der Waals surface area contributed by atoms with Gasteiger partial charge in [0.05, 0.1) is 0 Å². The Labute approximate surface area is 71.4 Å². The minimum atomic E-state index is -1.10. The van der Waals surface area contributed by atoms with Gasteiger partial charge in [0.25, 0.3) is 0 Å². The first-order valence-corrected chi connectivity index (χ1v) is 3.57. The zero-order valence-electron chi connectivity index (χ0n) is 7.20. The Morgan fingerprint density at radius 1 is 1.50 bits per heavy atom. The van der Waals surface area contributed by atoms with Crippen LogP contribution >= 0.6 is 0 Å². The van der Waals surface area contributed by atoms with E-state index in [0.717, 1.165) is 0 Å². The van der Waals surface area contributed by atoms with Gasteiger partial charge in [-0.15, -0.1) is 0 Å². The van der Waals surface area contributed by atoms with Gasteiger partial charge >= 0.3 is 5.97 Å². The van der Waals surface area contributed by atoms with Gasteiger partial charge < -0.3 is 5.11 Å². The molecule has 0 saturated carbocycles. The lowest BCUT2D eigenvalue weighted by Gasteiger charge is -2.03. The Hall–Kier alpha value is -1.38. The topological polar surface area (TPSA) is 54.4 Å². The zero-order valence-corrected chi connectivity index (χ0v) is 7.20. The summed E-state index contributed by atoms with van der Waals surface area (Å²) in [6.45, 7) is 6.35. The van der Waals surface area contributed by atoms with E-state index in [0.29, 0.717) is 5.57 Å². The molecule has 0 rings (SSSR count). The maximum absolute atomic E-state index is 11.2. The molecule has 0 aromatic carbocycles. The van der Waals surface area contributed by atoms with Gasteiger partial charge in [-0.2, -0.15) is 0 Å². The van der Waals surface area contributed by atoms with Crippen LogP contribution in [-0.4, -0.2) is 16.9 Å². The van der Waals surface area contributed by atoms with Crippen molar-refractivity contribution in [1.29, 1.82) is 0 Å². The van der Waals surface area contributed by atoms with Crippen LogP contribution in [-0.2, 0) is 9.59 Å². The van der Waals surface area contributed by atoms with E-state index in [1.165, 1.54) is 19.1 Å². The molecule has 1 N–H and O–H groups in total. The second-order valence-corrected chi connectivity index (χ2v) is 2.51. The molecule has 12 heavy (non-hydrogen) atoms. The van der Waals surface area contributed by atoms with E-state index in [-0.39, 0.29) is 5.78 Å². The van der Waals surface area contributed by atoms with Crippen molar-refractivity contribution >= 4 is 11.8 Å². The number of carboxylic acid groups (broad SMARTS) is 1. The lowest BCUT2D eigenvalue weighted by Crippen LogP contribution is -2.20. The maximum atomic E-state index is 11.2. The molecule has 3 nitrogen and oxygen atoms in total. The highest BCUT2D eigenvalue weighted by Gasteiger charge is 2.20. The third kappa shape index (κ3) is 2.70. The maximum Gasteiger partial charge on any atom is 0.314 e. The summed E-state index contributed by atoms with van der Waals surface area (Å²) in [5, 5.41) is 8.50. The molecule has 66 valence electrons. The van der Waals surface area contributed by atoms with Crippen LogP contribution in [0.15, 0.2) is 24.3 Å². The Morgan fingerprint density at radius 2 is 2.00 bits per heavy atom. The molecule has 0 aliphatic rings.